The summed E-state index contributed by atoms with van der Waals surface area (Å²) in [7, 11) is 0. The summed E-state index contributed by atoms with van der Waals surface area (Å²) in [5.41, 5.74) is 11.7. The topological polar surface area (TPSA) is 19.0 Å². The van der Waals surface area contributed by atoms with E-state index in [9.17, 15) is 0 Å². The Morgan fingerprint density at radius 1 is 1.00 bits per heavy atom. The third-order valence-electron chi connectivity index (χ3n) is 9.22. The van der Waals surface area contributed by atoms with Crippen molar-refractivity contribution in [2.24, 2.45) is 11.8 Å². The number of aromatic nitrogens is 1. The summed E-state index contributed by atoms with van der Waals surface area (Å²) in [6.45, 7) is 19.4. The fourth-order valence-electron chi connectivity index (χ4n) is 6.93. The molecule has 1 fully saturated rings. The first-order valence-electron chi connectivity index (χ1n) is 16.6. The van der Waals surface area contributed by atoms with Crippen LogP contribution in [0, 0.1) is 11.8 Å². The molecule has 228 valence electrons. The van der Waals surface area contributed by atoms with E-state index >= 15 is 0 Å². The average Bonchev–Trinajstić information content (AvgIpc) is 3.49. The molecule has 1 saturated heterocycles. The number of allylic oxidation sites excluding steroid dienone is 9. The van der Waals surface area contributed by atoms with Crippen LogP contribution >= 0.6 is 0 Å². The summed E-state index contributed by atoms with van der Waals surface area (Å²) in [6, 6.07) is 19.8. The van der Waals surface area contributed by atoms with Gasteiger partial charge in [-0.3, -0.25) is 0 Å². The Hall–Kier alpha value is -4.04. The Labute approximate surface area is 266 Å². The van der Waals surface area contributed by atoms with Crippen LogP contribution in [0.1, 0.15) is 77.3 Å². The Kier molecular flexibility index (Phi) is 10.4. The summed E-state index contributed by atoms with van der Waals surface area (Å²) in [6.07, 6.45) is 22.3. The Morgan fingerprint density at radius 2 is 1.77 bits per heavy atom. The van der Waals surface area contributed by atoms with Crippen LogP contribution in [-0.4, -0.2) is 22.5 Å². The predicted molar refractivity (Wildman–Crippen MR) is 192 cm³/mol. The lowest BCUT2D eigenvalue weighted by atomic mass is 9.81. The van der Waals surface area contributed by atoms with Crippen molar-refractivity contribution in [2.75, 3.05) is 6.54 Å². The maximum Gasteiger partial charge on any atom is 0.0460 e. The predicted octanol–water partition coefficient (Wildman–Crippen LogP) is 11.5. The van der Waals surface area contributed by atoms with Gasteiger partial charge in [-0.25, -0.2) is 0 Å². The molecule has 3 aromatic rings. The third-order valence-corrected chi connectivity index (χ3v) is 9.22. The van der Waals surface area contributed by atoms with Crippen LogP contribution in [0.4, 0.5) is 0 Å². The van der Waals surface area contributed by atoms with Crippen LogP contribution in [0.2, 0.25) is 0 Å². The van der Waals surface area contributed by atoms with Crippen molar-refractivity contribution < 1.29 is 0 Å². The second kappa shape index (κ2) is 14.6. The third kappa shape index (κ3) is 7.18. The molecule has 0 radical (unpaired) electrons. The normalized spacial score (nSPS) is 20.4. The van der Waals surface area contributed by atoms with Crippen molar-refractivity contribution in [2.45, 2.75) is 72.3 Å². The van der Waals surface area contributed by atoms with Crippen LogP contribution in [0.15, 0.2) is 133 Å². The van der Waals surface area contributed by atoms with Gasteiger partial charge in [-0.05, 0) is 78.4 Å². The number of H-pyrrole nitrogens is 1. The van der Waals surface area contributed by atoms with Gasteiger partial charge in [-0.1, -0.05) is 131 Å². The molecule has 1 aliphatic carbocycles. The number of aromatic amines is 1. The number of benzene rings is 2. The zero-order valence-electron chi connectivity index (χ0n) is 27.3. The number of para-hydroxylation sites is 1. The molecule has 2 aromatic carbocycles. The smallest absolute Gasteiger partial charge is 0.0460 e. The molecular weight excluding hydrogens is 532 g/mol. The highest BCUT2D eigenvalue weighted by Gasteiger charge is 2.33. The van der Waals surface area contributed by atoms with Crippen LogP contribution in [-0.2, 0) is 0 Å². The largest absolute Gasteiger partial charge is 0.367 e. The molecule has 44 heavy (non-hydrogen) atoms. The molecule has 2 unspecified atom stereocenters. The SMILES string of the molecule is C=C(CC)C(=C(C=C(CC(C)C)c1ccccc1)CC)N1CCC(=CC(=C)c2c[nH]c3ccccc23)CC1C1C=CC=CC1. The average molecular weight is 583 g/mol. The van der Waals surface area contributed by atoms with Gasteiger partial charge in [0.15, 0.2) is 0 Å². The highest BCUT2D eigenvalue weighted by molar-refractivity contribution is 5.94. The van der Waals surface area contributed by atoms with Gasteiger partial charge >= 0.3 is 0 Å². The number of likely N-dealkylation sites (tertiary alicyclic amines) is 1. The minimum Gasteiger partial charge on any atom is -0.367 e. The van der Waals surface area contributed by atoms with Crippen molar-refractivity contribution in [1.82, 2.24) is 9.88 Å². The van der Waals surface area contributed by atoms with E-state index in [0.717, 1.165) is 56.2 Å². The highest BCUT2D eigenvalue weighted by Crippen LogP contribution is 2.39. The van der Waals surface area contributed by atoms with E-state index in [-0.39, 0.29) is 0 Å². The molecule has 2 aliphatic rings. The van der Waals surface area contributed by atoms with Gasteiger partial charge in [-0.15, -0.1) is 0 Å². The lowest BCUT2D eigenvalue weighted by Gasteiger charge is -2.45. The van der Waals surface area contributed by atoms with E-state index in [1.165, 1.54) is 44.5 Å². The van der Waals surface area contributed by atoms with E-state index in [2.05, 4.69) is 148 Å². The second-order valence-electron chi connectivity index (χ2n) is 12.8. The highest BCUT2D eigenvalue weighted by atomic mass is 15.2. The van der Waals surface area contributed by atoms with Crippen LogP contribution in [0.5, 0.6) is 0 Å². The minimum atomic E-state index is 0.366. The summed E-state index contributed by atoms with van der Waals surface area (Å²) >= 11 is 0. The Bertz CT molecular complexity index is 1620. The fraction of sp³-hybridized carbons (Fsp3) is 0.333. The standard InChI is InChI=1S/C42H50N2/c1-7-31(5)42(34(8-2)28-37(25-30(3)4)35-17-11-9-12-18-35)44-24-23-33(27-41(44)36-19-13-10-14-20-36)26-32(6)39-29-43-40-22-16-15-21-38(39)40/h9-19,21-22,26,28-30,36,41,43H,5-8,20,23-25,27H2,1-4H3. The van der Waals surface area contributed by atoms with Gasteiger partial charge in [-0.2, -0.15) is 0 Å². The van der Waals surface area contributed by atoms with E-state index in [1.54, 1.807) is 0 Å². The van der Waals surface area contributed by atoms with Gasteiger partial charge in [0.2, 0.25) is 0 Å². The monoisotopic (exact) mass is 582 g/mol. The first-order chi connectivity index (χ1) is 21.4. The number of hydrogen-bond donors (Lipinski definition) is 1. The molecule has 2 heterocycles. The molecule has 0 saturated carbocycles. The minimum absolute atomic E-state index is 0.366. The van der Waals surface area contributed by atoms with Crippen LogP contribution < -0.4 is 0 Å². The van der Waals surface area contributed by atoms with E-state index in [4.69, 9.17) is 0 Å². The first kappa shape index (κ1) is 31.4. The van der Waals surface area contributed by atoms with Crippen molar-refractivity contribution in [3.8, 4) is 0 Å². The molecule has 2 nitrogen and oxygen atoms in total. The number of piperidine rings is 1. The molecule has 5 rings (SSSR count). The van der Waals surface area contributed by atoms with Crippen LogP contribution in [0.25, 0.3) is 22.0 Å². The Balaban J connectivity index is 1.55. The quantitative estimate of drug-likeness (QED) is 0.223. The first-order valence-corrected chi connectivity index (χ1v) is 16.6. The maximum atomic E-state index is 4.68. The van der Waals surface area contributed by atoms with Gasteiger partial charge in [0.05, 0.1) is 0 Å². The number of nitrogens with zero attached hydrogens (tertiary/aromatic N) is 1. The van der Waals surface area contributed by atoms with Gasteiger partial charge in [0.1, 0.15) is 0 Å². The lowest BCUT2D eigenvalue weighted by Crippen LogP contribution is -2.44. The van der Waals surface area contributed by atoms with Crippen molar-refractivity contribution in [1.29, 1.82) is 0 Å². The summed E-state index contributed by atoms with van der Waals surface area (Å²) < 4.78 is 0. The number of fused-ring (bicyclic) bond motifs is 1. The molecule has 0 amide bonds. The van der Waals surface area contributed by atoms with Gasteiger partial charge in [0.25, 0.3) is 0 Å². The molecule has 0 bridgehead atoms. The Morgan fingerprint density at radius 3 is 2.48 bits per heavy atom. The maximum absolute atomic E-state index is 4.68. The lowest BCUT2D eigenvalue weighted by molar-refractivity contribution is 0.183. The van der Waals surface area contributed by atoms with Gasteiger partial charge in [0, 0.05) is 46.9 Å². The summed E-state index contributed by atoms with van der Waals surface area (Å²) in [5, 5.41) is 1.24. The number of hydrogen-bond acceptors (Lipinski definition) is 1. The summed E-state index contributed by atoms with van der Waals surface area (Å²) in [4.78, 5) is 6.16. The molecule has 1 aromatic heterocycles. The zero-order valence-corrected chi connectivity index (χ0v) is 27.3. The van der Waals surface area contributed by atoms with Crippen LogP contribution in [0.3, 0.4) is 0 Å². The van der Waals surface area contributed by atoms with E-state index in [0.29, 0.717) is 17.9 Å². The van der Waals surface area contributed by atoms with E-state index < -0.39 is 0 Å². The number of nitrogens with one attached hydrogen (secondary N) is 1. The molecule has 0 spiro atoms. The van der Waals surface area contributed by atoms with Crippen molar-refractivity contribution in [3.63, 3.8) is 0 Å². The van der Waals surface area contributed by atoms with E-state index in [1.807, 2.05) is 0 Å². The van der Waals surface area contributed by atoms with Gasteiger partial charge < -0.3 is 9.88 Å². The van der Waals surface area contributed by atoms with Crippen molar-refractivity contribution >= 4 is 22.0 Å². The molecule has 1 N–H and O–H groups in total. The van der Waals surface area contributed by atoms with Crippen molar-refractivity contribution in [3.05, 3.63) is 144 Å². The molecule has 2 atom stereocenters. The molecule has 2 heteroatoms. The molecule has 1 aliphatic heterocycles. The zero-order chi connectivity index (χ0) is 31.1. The number of rotatable bonds is 11. The summed E-state index contributed by atoms with van der Waals surface area (Å²) in [5.74, 6) is 1.04. The fourth-order valence-corrected chi connectivity index (χ4v) is 6.93. The second-order valence-corrected chi connectivity index (χ2v) is 12.8. The molecular formula is C42H50N2.